The number of anilines is 1. The van der Waals surface area contributed by atoms with Crippen LogP contribution in [0.15, 0.2) is 72.8 Å². The largest absolute Gasteiger partial charge is 0.513 e. The first-order valence-electron chi connectivity index (χ1n) is 10.1. The number of nitrogens with one attached hydrogen (secondary N) is 2. The summed E-state index contributed by atoms with van der Waals surface area (Å²) < 4.78 is 9.67. The van der Waals surface area contributed by atoms with Crippen molar-refractivity contribution in [3.05, 3.63) is 95.1 Å². The van der Waals surface area contributed by atoms with Gasteiger partial charge >= 0.3 is 6.16 Å². The summed E-state index contributed by atoms with van der Waals surface area (Å²) in [6.07, 6.45) is -0.789. The molecule has 0 heterocycles. The van der Waals surface area contributed by atoms with Gasteiger partial charge in [-0.15, -0.1) is 0 Å². The lowest BCUT2D eigenvalue weighted by molar-refractivity contribution is 0.0950. The highest BCUT2D eigenvalue weighted by atomic mass is 16.7. The number of carbonyl (C=O) groups is 3. The summed E-state index contributed by atoms with van der Waals surface area (Å²) in [6.45, 7) is 4.17. The predicted octanol–water partition coefficient (Wildman–Crippen LogP) is 4.71. The zero-order chi connectivity index (χ0) is 22.9. The highest BCUT2D eigenvalue weighted by Gasteiger charge is 2.09. The van der Waals surface area contributed by atoms with Gasteiger partial charge in [0.05, 0.1) is 6.61 Å². The van der Waals surface area contributed by atoms with Gasteiger partial charge in [0.15, 0.2) is 0 Å². The summed E-state index contributed by atoms with van der Waals surface area (Å²) >= 11 is 0. The molecule has 0 aliphatic carbocycles. The summed E-state index contributed by atoms with van der Waals surface area (Å²) in [6, 6.07) is 20.8. The maximum absolute atomic E-state index is 12.4. The minimum atomic E-state index is -0.789. The van der Waals surface area contributed by atoms with E-state index in [4.69, 9.17) is 9.47 Å². The van der Waals surface area contributed by atoms with Crippen LogP contribution in [-0.2, 0) is 11.3 Å². The molecule has 3 aromatic rings. The summed E-state index contributed by atoms with van der Waals surface area (Å²) in [5.74, 6) is -0.141. The fourth-order valence-electron chi connectivity index (χ4n) is 2.90. The van der Waals surface area contributed by atoms with Crippen molar-refractivity contribution >= 4 is 23.7 Å². The molecule has 7 nitrogen and oxygen atoms in total. The van der Waals surface area contributed by atoms with Crippen molar-refractivity contribution in [2.24, 2.45) is 0 Å². The summed E-state index contributed by atoms with van der Waals surface area (Å²) in [7, 11) is 0. The molecule has 164 valence electrons. The molecule has 2 N–H and O–H groups in total. The molecule has 0 saturated carbocycles. The van der Waals surface area contributed by atoms with Gasteiger partial charge in [0.25, 0.3) is 11.8 Å². The number of benzene rings is 3. The Hall–Kier alpha value is -4.13. The normalized spacial score (nSPS) is 10.2. The van der Waals surface area contributed by atoms with E-state index in [1.54, 1.807) is 37.3 Å². The maximum Gasteiger partial charge on any atom is 0.513 e. The molecule has 2 amide bonds. The third-order valence-corrected chi connectivity index (χ3v) is 4.53. The van der Waals surface area contributed by atoms with Crippen LogP contribution >= 0.6 is 0 Å². The number of aryl methyl sites for hydroxylation is 1. The minimum absolute atomic E-state index is 0.176. The number of carbonyl (C=O) groups excluding carboxylic acids is 3. The van der Waals surface area contributed by atoms with Crippen LogP contribution in [0.4, 0.5) is 10.5 Å². The van der Waals surface area contributed by atoms with Crippen LogP contribution in [0.5, 0.6) is 5.75 Å². The molecule has 0 saturated heterocycles. The van der Waals surface area contributed by atoms with Crippen LogP contribution < -0.4 is 15.4 Å². The van der Waals surface area contributed by atoms with Crippen molar-refractivity contribution in [2.75, 3.05) is 11.9 Å². The van der Waals surface area contributed by atoms with Crippen molar-refractivity contribution < 1.29 is 23.9 Å². The van der Waals surface area contributed by atoms with Crippen LogP contribution in [0.3, 0.4) is 0 Å². The van der Waals surface area contributed by atoms with Gasteiger partial charge in [-0.25, -0.2) is 4.79 Å². The SMILES string of the molecule is CCOC(=O)Oc1ccc(C(=O)NCc2ccc(NC(=O)c3cccc(C)c3)cc2)cc1. The van der Waals surface area contributed by atoms with Crippen LogP contribution in [-0.4, -0.2) is 24.6 Å². The smallest absolute Gasteiger partial charge is 0.434 e. The van der Waals surface area contributed by atoms with E-state index >= 15 is 0 Å². The standard InChI is InChI=1S/C25H24N2O5/c1-3-31-25(30)32-22-13-9-19(10-14-22)23(28)26-16-18-7-11-21(12-8-18)27-24(29)20-6-4-5-17(2)15-20/h4-15H,3,16H2,1-2H3,(H,26,28)(H,27,29). The van der Waals surface area contributed by atoms with E-state index < -0.39 is 6.16 Å². The van der Waals surface area contributed by atoms with Crippen molar-refractivity contribution in [3.63, 3.8) is 0 Å². The zero-order valence-electron chi connectivity index (χ0n) is 17.9. The van der Waals surface area contributed by atoms with E-state index in [2.05, 4.69) is 10.6 Å². The molecule has 0 bridgehead atoms. The number of hydrogen-bond donors (Lipinski definition) is 2. The van der Waals surface area contributed by atoms with Gasteiger partial charge in [-0.05, 0) is 67.9 Å². The first-order valence-corrected chi connectivity index (χ1v) is 10.1. The third kappa shape index (κ3) is 6.43. The van der Waals surface area contributed by atoms with E-state index in [0.29, 0.717) is 29.1 Å². The second kappa shape index (κ2) is 10.8. The number of hydrogen-bond acceptors (Lipinski definition) is 5. The first-order chi connectivity index (χ1) is 15.4. The van der Waals surface area contributed by atoms with Crippen molar-refractivity contribution in [2.45, 2.75) is 20.4 Å². The Morgan fingerprint density at radius 2 is 1.56 bits per heavy atom. The topological polar surface area (TPSA) is 93.7 Å². The Morgan fingerprint density at radius 1 is 0.844 bits per heavy atom. The van der Waals surface area contributed by atoms with E-state index in [1.165, 1.54) is 12.1 Å². The average molecular weight is 432 g/mol. The molecule has 3 aromatic carbocycles. The monoisotopic (exact) mass is 432 g/mol. The van der Waals surface area contributed by atoms with Crippen LogP contribution in [0.25, 0.3) is 0 Å². The van der Waals surface area contributed by atoms with E-state index in [-0.39, 0.29) is 18.4 Å². The Labute approximate surface area is 186 Å². The molecule has 0 unspecified atom stereocenters. The zero-order valence-corrected chi connectivity index (χ0v) is 17.9. The second-order valence-corrected chi connectivity index (χ2v) is 7.01. The van der Waals surface area contributed by atoms with E-state index in [9.17, 15) is 14.4 Å². The molecular formula is C25H24N2O5. The van der Waals surface area contributed by atoms with Gasteiger partial charge in [0, 0.05) is 23.4 Å². The Balaban J connectivity index is 1.50. The third-order valence-electron chi connectivity index (χ3n) is 4.53. The lowest BCUT2D eigenvalue weighted by Gasteiger charge is -2.09. The van der Waals surface area contributed by atoms with E-state index in [0.717, 1.165) is 11.1 Å². The quantitative estimate of drug-likeness (QED) is 0.416. The van der Waals surface area contributed by atoms with Gasteiger partial charge in [0.1, 0.15) is 5.75 Å². The summed E-state index contributed by atoms with van der Waals surface area (Å²) in [5.41, 5.74) is 3.60. The fraction of sp³-hybridized carbons (Fsp3) is 0.160. The molecule has 0 radical (unpaired) electrons. The van der Waals surface area contributed by atoms with Gasteiger partial charge < -0.3 is 20.1 Å². The molecule has 7 heteroatoms. The molecule has 3 rings (SSSR count). The fourth-order valence-corrected chi connectivity index (χ4v) is 2.90. The Kier molecular flexibility index (Phi) is 7.59. The lowest BCUT2D eigenvalue weighted by Crippen LogP contribution is -2.22. The Morgan fingerprint density at radius 3 is 2.22 bits per heavy atom. The Bertz CT molecular complexity index is 1090. The summed E-state index contributed by atoms with van der Waals surface area (Å²) in [4.78, 5) is 36.0. The van der Waals surface area contributed by atoms with Crippen LogP contribution in [0, 0.1) is 6.92 Å². The predicted molar refractivity (Wildman–Crippen MR) is 121 cm³/mol. The average Bonchev–Trinajstić information content (AvgIpc) is 2.79. The van der Waals surface area contributed by atoms with Gasteiger partial charge in [-0.1, -0.05) is 29.8 Å². The van der Waals surface area contributed by atoms with Crippen LogP contribution in [0.1, 0.15) is 38.8 Å². The van der Waals surface area contributed by atoms with Gasteiger partial charge in [-0.2, -0.15) is 0 Å². The number of rotatable bonds is 7. The first kappa shape index (κ1) is 22.6. The number of amides is 2. The highest BCUT2D eigenvalue weighted by molar-refractivity contribution is 6.04. The highest BCUT2D eigenvalue weighted by Crippen LogP contribution is 2.14. The van der Waals surface area contributed by atoms with Crippen molar-refractivity contribution in [1.29, 1.82) is 0 Å². The van der Waals surface area contributed by atoms with E-state index in [1.807, 2.05) is 37.3 Å². The number of ether oxygens (including phenoxy) is 2. The second-order valence-electron chi connectivity index (χ2n) is 7.01. The maximum atomic E-state index is 12.4. The van der Waals surface area contributed by atoms with Crippen molar-refractivity contribution in [1.82, 2.24) is 5.32 Å². The molecular weight excluding hydrogens is 408 g/mol. The molecule has 32 heavy (non-hydrogen) atoms. The molecule has 0 aromatic heterocycles. The molecule has 0 fully saturated rings. The van der Waals surface area contributed by atoms with Crippen LogP contribution in [0.2, 0.25) is 0 Å². The minimum Gasteiger partial charge on any atom is -0.434 e. The summed E-state index contributed by atoms with van der Waals surface area (Å²) in [5, 5.41) is 5.69. The van der Waals surface area contributed by atoms with Gasteiger partial charge in [-0.3, -0.25) is 9.59 Å². The molecule has 0 spiro atoms. The van der Waals surface area contributed by atoms with Gasteiger partial charge in [0.2, 0.25) is 0 Å². The molecule has 0 aliphatic rings. The molecule has 0 aliphatic heterocycles. The van der Waals surface area contributed by atoms with Crippen molar-refractivity contribution in [3.8, 4) is 5.75 Å². The lowest BCUT2D eigenvalue weighted by atomic mass is 10.1. The molecule has 0 atom stereocenters.